The van der Waals surface area contributed by atoms with E-state index in [0.29, 0.717) is 19.0 Å². The van der Waals surface area contributed by atoms with Gasteiger partial charge in [0, 0.05) is 25.6 Å². The molecule has 136 valence electrons. The van der Waals surface area contributed by atoms with E-state index < -0.39 is 0 Å². The van der Waals surface area contributed by atoms with Crippen molar-refractivity contribution in [1.82, 2.24) is 15.5 Å². The summed E-state index contributed by atoms with van der Waals surface area (Å²) in [6.07, 6.45) is 5.57. The summed E-state index contributed by atoms with van der Waals surface area (Å²) in [5.41, 5.74) is 2.55. The Morgan fingerprint density at radius 3 is 2.62 bits per heavy atom. The molecule has 2 N–H and O–H groups in total. The van der Waals surface area contributed by atoms with Crippen LogP contribution < -0.4 is 10.6 Å². The molecule has 0 aliphatic carbocycles. The molecule has 2 heterocycles. The highest BCUT2D eigenvalue weighted by atomic mass is 35.5. The van der Waals surface area contributed by atoms with Gasteiger partial charge in [0.15, 0.2) is 0 Å². The molecule has 1 aromatic carbocycles. The van der Waals surface area contributed by atoms with Crippen LogP contribution in [0.1, 0.15) is 43.2 Å². The Balaban J connectivity index is 0.00000144. The van der Waals surface area contributed by atoms with Crippen molar-refractivity contribution in [3.05, 3.63) is 35.4 Å². The number of hydrogen-bond donors (Lipinski definition) is 2. The van der Waals surface area contributed by atoms with E-state index in [-0.39, 0.29) is 30.7 Å². The molecule has 2 saturated heterocycles. The number of halogens is 2. The smallest absolute Gasteiger partial charge is 0.221 e. The third-order valence-electron chi connectivity index (χ3n) is 4.68. The van der Waals surface area contributed by atoms with Crippen molar-refractivity contribution < 1.29 is 4.79 Å². The fourth-order valence-electron chi connectivity index (χ4n) is 3.46. The minimum absolute atomic E-state index is 0. The number of nitrogens with one attached hydrogen (secondary N) is 2. The van der Waals surface area contributed by atoms with Gasteiger partial charge in [-0.05, 0) is 56.4 Å². The average molecular weight is 374 g/mol. The first kappa shape index (κ1) is 21.2. The second-order valence-corrected chi connectivity index (χ2v) is 6.58. The summed E-state index contributed by atoms with van der Waals surface area (Å²) in [6, 6.07) is 8.99. The molecule has 0 bridgehead atoms. The van der Waals surface area contributed by atoms with Gasteiger partial charge in [-0.15, -0.1) is 24.8 Å². The molecule has 0 saturated carbocycles. The number of benzene rings is 1. The topological polar surface area (TPSA) is 44.4 Å². The van der Waals surface area contributed by atoms with Gasteiger partial charge in [0.25, 0.3) is 0 Å². The first-order valence-corrected chi connectivity index (χ1v) is 8.60. The molecule has 1 amide bonds. The van der Waals surface area contributed by atoms with Crippen molar-refractivity contribution in [3.63, 3.8) is 0 Å². The van der Waals surface area contributed by atoms with Crippen LogP contribution in [0.25, 0.3) is 0 Å². The quantitative estimate of drug-likeness (QED) is 0.805. The molecule has 1 aromatic rings. The predicted molar refractivity (Wildman–Crippen MR) is 103 cm³/mol. The lowest BCUT2D eigenvalue weighted by Gasteiger charge is -2.15. The van der Waals surface area contributed by atoms with Crippen molar-refractivity contribution in [2.75, 3.05) is 19.6 Å². The fourth-order valence-corrected chi connectivity index (χ4v) is 3.46. The van der Waals surface area contributed by atoms with Gasteiger partial charge in [0.1, 0.15) is 0 Å². The standard InChI is InChI=1S/C18H27N3O.2ClH/c22-18(12-17-7-4-8-19-17)20-13-15-5-3-6-16(11-15)14-21-9-1-2-10-21;;/h3,5-6,11,17,19H,1-2,4,7-10,12-14H2,(H,20,22);2*1H. The zero-order valence-corrected chi connectivity index (χ0v) is 15.8. The Morgan fingerprint density at radius 2 is 1.92 bits per heavy atom. The van der Waals surface area contributed by atoms with Crippen LogP contribution in [0.2, 0.25) is 0 Å². The Bertz CT molecular complexity index is 501. The number of carbonyl (C=O) groups excluding carboxylic acids is 1. The molecule has 3 rings (SSSR count). The maximum atomic E-state index is 12.0. The SMILES string of the molecule is Cl.Cl.O=C(CC1CCCN1)NCc1cccc(CN2CCCC2)c1. The maximum absolute atomic E-state index is 12.0. The van der Waals surface area contributed by atoms with Crippen molar-refractivity contribution in [1.29, 1.82) is 0 Å². The molecule has 24 heavy (non-hydrogen) atoms. The highest BCUT2D eigenvalue weighted by molar-refractivity contribution is 5.85. The summed E-state index contributed by atoms with van der Waals surface area (Å²) < 4.78 is 0. The van der Waals surface area contributed by atoms with Gasteiger partial charge in [-0.3, -0.25) is 9.69 Å². The van der Waals surface area contributed by atoms with Gasteiger partial charge in [-0.1, -0.05) is 24.3 Å². The molecule has 4 nitrogen and oxygen atoms in total. The molecular weight excluding hydrogens is 345 g/mol. The Labute approximate surface area is 157 Å². The number of hydrogen-bond acceptors (Lipinski definition) is 3. The molecule has 6 heteroatoms. The minimum atomic E-state index is 0. The Morgan fingerprint density at radius 1 is 1.17 bits per heavy atom. The lowest BCUT2D eigenvalue weighted by atomic mass is 10.1. The summed E-state index contributed by atoms with van der Waals surface area (Å²) in [5.74, 6) is 0.157. The van der Waals surface area contributed by atoms with E-state index in [1.807, 2.05) is 0 Å². The van der Waals surface area contributed by atoms with Crippen LogP contribution in [-0.2, 0) is 17.9 Å². The van der Waals surface area contributed by atoms with E-state index in [2.05, 4.69) is 39.8 Å². The highest BCUT2D eigenvalue weighted by Crippen LogP contribution is 2.14. The van der Waals surface area contributed by atoms with E-state index in [1.54, 1.807) is 0 Å². The first-order valence-electron chi connectivity index (χ1n) is 8.60. The molecule has 2 aliphatic heterocycles. The molecular formula is C18H29Cl2N3O. The summed E-state index contributed by atoms with van der Waals surface area (Å²) in [5, 5.41) is 6.42. The van der Waals surface area contributed by atoms with Crippen LogP contribution in [0.3, 0.4) is 0 Å². The van der Waals surface area contributed by atoms with E-state index in [9.17, 15) is 4.79 Å². The lowest BCUT2D eigenvalue weighted by molar-refractivity contribution is -0.121. The summed E-state index contributed by atoms with van der Waals surface area (Å²) in [7, 11) is 0. The van der Waals surface area contributed by atoms with Crippen molar-refractivity contribution in [3.8, 4) is 0 Å². The number of nitrogens with zero attached hydrogens (tertiary/aromatic N) is 1. The second-order valence-electron chi connectivity index (χ2n) is 6.58. The van der Waals surface area contributed by atoms with E-state index >= 15 is 0 Å². The predicted octanol–water partition coefficient (Wildman–Crippen LogP) is 2.88. The molecule has 1 atom stereocenters. The van der Waals surface area contributed by atoms with Crippen molar-refractivity contribution >= 4 is 30.7 Å². The van der Waals surface area contributed by atoms with Crippen LogP contribution >= 0.6 is 24.8 Å². The normalized spacial score (nSPS) is 20.2. The first-order chi connectivity index (χ1) is 10.8. The molecule has 0 aromatic heterocycles. The van der Waals surface area contributed by atoms with Crippen LogP contribution in [-0.4, -0.2) is 36.5 Å². The zero-order valence-electron chi connectivity index (χ0n) is 14.1. The summed E-state index contributed by atoms with van der Waals surface area (Å²) >= 11 is 0. The Kier molecular flexibility index (Phi) is 9.67. The van der Waals surface area contributed by atoms with Gasteiger partial charge < -0.3 is 10.6 Å². The molecule has 2 aliphatic rings. The third-order valence-corrected chi connectivity index (χ3v) is 4.68. The maximum Gasteiger partial charge on any atom is 0.221 e. The van der Waals surface area contributed by atoms with Gasteiger partial charge in [-0.2, -0.15) is 0 Å². The van der Waals surface area contributed by atoms with Crippen LogP contribution in [0.5, 0.6) is 0 Å². The van der Waals surface area contributed by atoms with Gasteiger partial charge in [0.05, 0.1) is 0 Å². The number of carbonyl (C=O) groups is 1. The molecule has 1 unspecified atom stereocenters. The zero-order chi connectivity index (χ0) is 15.2. The monoisotopic (exact) mass is 373 g/mol. The minimum Gasteiger partial charge on any atom is -0.352 e. The number of amides is 1. The number of rotatable bonds is 6. The lowest BCUT2D eigenvalue weighted by Crippen LogP contribution is -2.31. The van der Waals surface area contributed by atoms with Gasteiger partial charge in [0.2, 0.25) is 5.91 Å². The molecule has 0 radical (unpaired) electrons. The summed E-state index contributed by atoms with van der Waals surface area (Å²) in [6.45, 7) is 5.16. The van der Waals surface area contributed by atoms with Crippen molar-refractivity contribution in [2.24, 2.45) is 0 Å². The van der Waals surface area contributed by atoms with Crippen LogP contribution in [0.4, 0.5) is 0 Å². The Hall–Kier alpha value is -0.810. The molecule has 0 spiro atoms. The van der Waals surface area contributed by atoms with E-state index in [4.69, 9.17) is 0 Å². The third kappa shape index (κ3) is 6.60. The van der Waals surface area contributed by atoms with Gasteiger partial charge >= 0.3 is 0 Å². The van der Waals surface area contributed by atoms with Crippen molar-refractivity contribution in [2.45, 2.75) is 51.2 Å². The van der Waals surface area contributed by atoms with E-state index in [1.165, 1.54) is 43.5 Å². The average Bonchev–Trinajstić information content (AvgIpc) is 3.19. The fraction of sp³-hybridized carbons (Fsp3) is 0.611. The van der Waals surface area contributed by atoms with Crippen LogP contribution in [0, 0.1) is 0 Å². The molecule has 2 fully saturated rings. The van der Waals surface area contributed by atoms with E-state index in [0.717, 1.165) is 19.5 Å². The summed E-state index contributed by atoms with van der Waals surface area (Å²) in [4.78, 5) is 14.5. The highest BCUT2D eigenvalue weighted by Gasteiger charge is 2.17. The van der Waals surface area contributed by atoms with Crippen LogP contribution in [0.15, 0.2) is 24.3 Å². The number of likely N-dealkylation sites (tertiary alicyclic amines) is 1. The second kappa shape index (κ2) is 10.9. The largest absolute Gasteiger partial charge is 0.352 e. The van der Waals surface area contributed by atoms with Gasteiger partial charge in [-0.25, -0.2) is 0 Å².